The van der Waals surface area contributed by atoms with E-state index in [2.05, 4.69) is 28.0 Å². The molecular weight excluding hydrogens is 260 g/mol. The molecular formula is C14H18N2O2S. The standard InChI is InChI=1S/C14H18N2O2S/c1-9-7-19-8-12(9)3-15-5-13-11(6-17)4-16-10(2)14(13)18/h4,7-8,15,17-18H,3,5-6H2,1-2H3. The van der Waals surface area contributed by atoms with Crippen molar-refractivity contribution in [1.29, 1.82) is 0 Å². The minimum absolute atomic E-state index is 0.116. The number of aromatic hydroxyl groups is 1. The molecule has 2 heterocycles. The lowest BCUT2D eigenvalue weighted by Crippen LogP contribution is -2.15. The maximum absolute atomic E-state index is 10.0. The highest BCUT2D eigenvalue weighted by Crippen LogP contribution is 2.24. The molecule has 3 N–H and O–H groups in total. The number of aliphatic hydroxyl groups is 1. The average molecular weight is 278 g/mol. The van der Waals surface area contributed by atoms with E-state index in [0.717, 1.165) is 12.1 Å². The maximum Gasteiger partial charge on any atom is 0.141 e. The van der Waals surface area contributed by atoms with Crippen LogP contribution in [0.3, 0.4) is 0 Å². The SMILES string of the molecule is Cc1cscc1CNCc1c(CO)cnc(C)c1O. The smallest absolute Gasteiger partial charge is 0.141 e. The Labute approximate surface area is 116 Å². The molecule has 0 saturated carbocycles. The number of thiophene rings is 1. The minimum atomic E-state index is -0.116. The third-order valence-corrected chi connectivity index (χ3v) is 4.09. The molecule has 0 aliphatic heterocycles. The van der Waals surface area contributed by atoms with Gasteiger partial charge in [0.25, 0.3) is 0 Å². The van der Waals surface area contributed by atoms with Crippen LogP contribution in [0, 0.1) is 13.8 Å². The number of pyridine rings is 1. The van der Waals surface area contributed by atoms with Gasteiger partial charge in [0.1, 0.15) is 5.75 Å². The van der Waals surface area contributed by atoms with Crippen molar-refractivity contribution < 1.29 is 10.2 Å². The molecule has 19 heavy (non-hydrogen) atoms. The molecule has 0 saturated heterocycles. The van der Waals surface area contributed by atoms with E-state index >= 15 is 0 Å². The zero-order chi connectivity index (χ0) is 13.8. The minimum Gasteiger partial charge on any atom is -0.506 e. The molecule has 0 aliphatic carbocycles. The van der Waals surface area contributed by atoms with Gasteiger partial charge in [-0.1, -0.05) is 0 Å². The van der Waals surface area contributed by atoms with Crippen LogP contribution in [0.5, 0.6) is 5.75 Å². The highest BCUT2D eigenvalue weighted by Gasteiger charge is 2.11. The highest BCUT2D eigenvalue weighted by molar-refractivity contribution is 7.08. The molecule has 2 rings (SSSR count). The zero-order valence-electron chi connectivity index (χ0n) is 11.1. The Kier molecular flexibility index (Phi) is 4.52. The molecule has 0 fully saturated rings. The molecule has 2 aromatic rings. The summed E-state index contributed by atoms with van der Waals surface area (Å²) in [5.74, 6) is 0.168. The Morgan fingerprint density at radius 3 is 2.63 bits per heavy atom. The van der Waals surface area contributed by atoms with E-state index in [1.165, 1.54) is 11.1 Å². The van der Waals surface area contributed by atoms with Gasteiger partial charge in [0.05, 0.1) is 12.3 Å². The number of aliphatic hydroxyl groups excluding tert-OH is 1. The first-order valence-corrected chi connectivity index (χ1v) is 7.07. The number of aromatic nitrogens is 1. The molecule has 0 aromatic carbocycles. The van der Waals surface area contributed by atoms with Crippen LogP contribution >= 0.6 is 11.3 Å². The second-order valence-corrected chi connectivity index (χ2v) is 5.28. The first-order valence-electron chi connectivity index (χ1n) is 6.13. The van der Waals surface area contributed by atoms with E-state index in [4.69, 9.17) is 0 Å². The molecule has 0 aliphatic rings. The summed E-state index contributed by atoms with van der Waals surface area (Å²) >= 11 is 1.69. The van der Waals surface area contributed by atoms with Crippen LogP contribution in [0.4, 0.5) is 0 Å². The van der Waals surface area contributed by atoms with E-state index in [-0.39, 0.29) is 12.4 Å². The summed E-state index contributed by atoms with van der Waals surface area (Å²) < 4.78 is 0. The van der Waals surface area contributed by atoms with Crippen molar-refractivity contribution in [2.24, 2.45) is 0 Å². The summed E-state index contributed by atoms with van der Waals surface area (Å²) in [4.78, 5) is 4.05. The zero-order valence-corrected chi connectivity index (χ0v) is 11.9. The number of nitrogens with one attached hydrogen (secondary N) is 1. The quantitative estimate of drug-likeness (QED) is 0.785. The maximum atomic E-state index is 10.0. The monoisotopic (exact) mass is 278 g/mol. The van der Waals surface area contributed by atoms with Crippen molar-refractivity contribution in [1.82, 2.24) is 10.3 Å². The lowest BCUT2D eigenvalue weighted by atomic mass is 10.1. The second-order valence-electron chi connectivity index (χ2n) is 4.54. The van der Waals surface area contributed by atoms with Gasteiger partial charge in [-0.15, -0.1) is 0 Å². The molecule has 0 radical (unpaired) electrons. The van der Waals surface area contributed by atoms with Crippen molar-refractivity contribution in [3.63, 3.8) is 0 Å². The predicted molar refractivity (Wildman–Crippen MR) is 76.2 cm³/mol. The summed E-state index contributed by atoms with van der Waals surface area (Å²) in [7, 11) is 0. The third-order valence-electron chi connectivity index (χ3n) is 3.18. The third kappa shape index (κ3) is 3.12. The molecule has 0 atom stereocenters. The fourth-order valence-corrected chi connectivity index (χ4v) is 2.76. The van der Waals surface area contributed by atoms with E-state index in [1.54, 1.807) is 24.5 Å². The number of rotatable bonds is 5. The normalized spacial score (nSPS) is 10.9. The highest BCUT2D eigenvalue weighted by atomic mass is 32.1. The Bertz CT molecular complexity index is 567. The Hall–Kier alpha value is -1.43. The van der Waals surface area contributed by atoms with Crippen molar-refractivity contribution >= 4 is 11.3 Å². The van der Waals surface area contributed by atoms with E-state index in [0.29, 0.717) is 17.8 Å². The molecule has 0 bridgehead atoms. The van der Waals surface area contributed by atoms with Crippen molar-refractivity contribution in [3.05, 3.63) is 44.9 Å². The van der Waals surface area contributed by atoms with Crippen LogP contribution in [0.15, 0.2) is 17.0 Å². The van der Waals surface area contributed by atoms with Crippen LogP contribution in [0.2, 0.25) is 0 Å². The predicted octanol–water partition coefficient (Wildman–Crippen LogP) is 2.25. The number of aryl methyl sites for hydroxylation is 2. The first-order chi connectivity index (χ1) is 9.13. The fourth-order valence-electron chi connectivity index (χ4n) is 1.91. The Morgan fingerprint density at radius 1 is 1.21 bits per heavy atom. The Balaban J connectivity index is 2.07. The van der Waals surface area contributed by atoms with Crippen molar-refractivity contribution in [2.75, 3.05) is 0 Å². The second kappa shape index (κ2) is 6.14. The summed E-state index contributed by atoms with van der Waals surface area (Å²) in [5, 5.41) is 26.8. The van der Waals surface area contributed by atoms with Gasteiger partial charge in [0.15, 0.2) is 0 Å². The van der Waals surface area contributed by atoms with Gasteiger partial charge >= 0.3 is 0 Å². The van der Waals surface area contributed by atoms with Gasteiger partial charge in [-0.25, -0.2) is 0 Å². The van der Waals surface area contributed by atoms with Crippen LogP contribution < -0.4 is 5.32 Å². The molecule has 0 amide bonds. The van der Waals surface area contributed by atoms with Crippen molar-refractivity contribution in [2.45, 2.75) is 33.5 Å². The van der Waals surface area contributed by atoms with Gasteiger partial charge in [-0.05, 0) is 35.7 Å². The van der Waals surface area contributed by atoms with E-state index in [9.17, 15) is 10.2 Å². The average Bonchev–Trinajstić information content (AvgIpc) is 2.80. The number of hydrogen-bond acceptors (Lipinski definition) is 5. The molecule has 0 unspecified atom stereocenters. The van der Waals surface area contributed by atoms with Crippen molar-refractivity contribution in [3.8, 4) is 5.75 Å². The lowest BCUT2D eigenvalue weighted by Gasteiger charge is -2.12. The topological polar surface area (TPSA) is 65.4 Å². The van der Waals surface area contributed by atoms with Crippen LogP contribution in [-0.4, -0.2) is 15.2 Å². The molecule has 102 valence electrons. The number of nitrogens with zero attached hydrogens (tertiary/aromatic N) is 1. The van der Waals surface area contributed by atoms with Gasteiger partial charge in [0, 0.05) is 30.4 Å². The van der Waals surface area contributed by atoms with Gasteiger partial charge in [-0.2, -0.15) is 11.3 Å². The summed E-state index contributed by atoms with van der Waals surface area (Å²) in [6.07, 6.45) is 1.61. The molecule has 2 aromatic heterocycles. The Morgan fingerprint density at radius 2 is 2.00 bits per heavy atom. The van der Waals surface area contributed by atoms with E-state index < -0.39 is 0 Å². The molecule has 5 heteroatoms. The molecule has 0 spiro atoms. The lowest BCUT2D eigenvalue weighted by molar-refractivity contribution is 0.278. The van der Waals surface area contributed by atoms with Gasteiger partial charge in [-0.3, -0.25) is 4.98 Å². The fraction of sp³-hybridized carbons (Fsp3) is 0.357. The first kappa shape index (κ1) is 14.0. The van der Waals surface area contributed by atoms with Crippen LogP contribution in [-0.2, 0) is 19.7 Å². The van der Waals surface area contributed by atoms with Gasteiger partial charge < -0.3 is 15.5 Å². The summed E-state index contributed by atoms with van der Waals surface area (Å²) in [6.45, 7) is 4.99. The summed E-state index contributed by atoms with van der Waals surface area (Å²) in [5.41, 5.74) is 4.51. The largest absolute Gasteiger partial charge is 0.506 e. The van der Waals surface area contributed by atoms with Gasteiger partial charge in [0.2, 0.25) is 0 Å². The number of hydrogen-bond donors (Lipinski definition) is 3. The summed E-state index contributed by atoms with van der Waals surface area (Å²) in [6, 6.07) is 0. The van der Waals surface area contributed by atoms with E-state index in [1.807, 2.05) is 0 Å². The van der Waals surface area contributed by atoms with Crippen LogP contribution in [0.25, 0.3) is 0 Å². The van der Waals surface area contributed by atoms with Crippen LogP contribution in [0.1, 0.15) is 27.9 Å². The molecule has 4 nitrogen and oxygen atoms in total.